The van der Waals surface area contributed by atoms with Crippen LogP contribution in [0.15, 0.2) is 34.3 Å². The van der Waals surface area contributed by atoms with Crippen molar-refractivity contribution in [2.45, 2.75) is 31.6 Å². The summed E-state index contributed by atoms with van der Waals surface area (Å²) in [5, 5.41) is 6.62. The first kappa shape index (κ1) is 21.1. The van der Waals surface area contributed by atoms with Crippen molar-refractivity contribution in [2.75, 3.05) is 13.1 Å². The molecule has 0 radical (unpaired) electrons. The highest BCUT2D eigenvalue weighted by atomic mass is 35.5. The van der Waals surface area contributed by atoms with Crippen molar-refractivity contribution in [2.24, 2.45) is 5.10 Å². The molecule has 3 N–H and O–H groups in total. The van der Waals surface area contributed by atoms with Crippen molar-refractivity contribution in [3.8, 4) is 0 Å². The molecule has 0 heterocycles. The summed E-state index contributed by atoms with van der Waals surface area (Å²) in [7, 11) is -3.83. The van der Waals surface area contributed by atoms with Crippen LogP contribution in [0.1, 0.15) is 26.7 Å². The summed E-state index contributed by atoms with van der Waals surface area (Å²) in [6, 6.07) is 5.52. The van der Waals surface area contributed by atoms with Gasteiger partial charge in [-0.15, -0.1) is 0 Å². The molecule has 10 heteroatoms. The molecular formula is C15H21ClN4O4S. The Morgan fingerprint density at radius 1 is 1.04 bits per heavy atom. The van der Waals surface area contributed by atoms with Crippen molar-refractivity contribution in [3.05, 3.63) is 29.3 Å². The van der Waals surface area contributed by atoms with E-state index in [2.05, 4.69) is 20.6 Å². The zero-order chi connectivity index (χ0) is 18.9. The molecule has 2 amide bonds. The summed E-state index contributed by atoms with van der Waals surface area (Å²) < 4.78 is 26.1. The van der Waals surface area contributed by atoms with E-state index >= 15 is 0 Å². The fourth-order valence-electron chi connectivity index (χ4n) is 1.69. The maximum absolute atomic E-state index is 12.0. The van der Waals surface area contributed by atoms with Crippen LogP contribution in [0.2, 0.25) is 5.02 Å². The molecule has 0 aliphatic heterocycles. The average molecular weight is 389 g/mol. The van der Waals surface area contributed by atoms with Crippen LogP contribution in [0.25, 0.3) is 0 Å². The molecular weight excluding hydrogens is 368 g/mol. The number of benzene rings is 1. The Morgan fingerprint density at radius 2 is 1.64 bits per heavy atom. The number of halogens is 1. The summed E-state index contributed by atoms with van der Waals surface area (Å²) in [5.41, 5.74) is 3.16. The van der Waals surface area contributed by atoms with E-state index in [-0.39, 0.29) is 11.4 Å². The highest BCUT2D eigenvalue weighted by molar-refractivity contribution is 7.89. The molecule has 0 atom stereocenters. The number of hydrogen-bond acceptors (Lipinski definition) is 5. The van der Waals surface area contributed by atoms with Gasteiger partial charge in [0.1, 0.15) is 0 Å². The Hall–Kier alpha value is -1.97. The first-order valence-electron chi connectivity index (χ1n) is 7.64. The quantitative estimate of drug-likeness (QED) is 0.432. The molecule has 8 nitrogen and oxygen atoms in total. The molecule has 0 aliphatic carbocycles. The van der Waals surface area contributed by atoms with Gasteiger partial charge in [0, 0.05) is 10.7 Å². The molecule has 138 valence electrons. The molecule has 0 aliphatic rings. The van der Waals surface area contributed by atoms with Crippen LogP contribution < -0.4 is 15.5 Å². The predicted octanol–water partition coefficient (Wildman–Crippen LogP) is 1.03. The second-order valence-electron chi connectivity index (χ2n) is 4.98. The van der Waals surface area contributed by atoms with Gasteiger partial charge in [-0.2, -0.15) is 5.10 Å². The second-order valence-corrected chi connectivity index (χ2v) is 7.18. The lowest BCUT2D eigenvalue weighted by molar-refractivity contribution is -0.125. The van der Waals surface area contributed by atoms with Crippen molar-refractivity contribution in [3.63, 3.8) is 0 Å². The first-order chi connectivity index (χ1) is 11.8. The molecule has 0 spiro atoms. The van der Waals surface area contributed by atoms with E-state index in [0.717, 1.165) is 18.6 Å². The molecule has 0 bridgehead atoms. The third-order valence-corrected chi connectivity index (χ3v) is 4.82. The summed E-state index contributed by atoms with van der Waals surface area (Å²) in [6.45, 7) is 3.05. The number of nitrogens with zero attached hydrogens (tertiary/aromatic N) is 1. The van der Waals surface area contributed by atoms with Gasteiger partial charge in [0.25, 0.3) is 5.91 Å². The van der Waals surface area contributed by atoms with Gasteiger partial charge in [0.15, 0.2) is 0 Å². The molecule has 25 heavy (non-hydrogen) atoms. The van der Waals surface area contributed by atoms with E-state index < -0.39 is 28.4 Å². The Balaban J connectivity index is 2.43. The lowest BCUT2D eigenvalue weighted by atomic mass is 10.2. The molecule has 1 rings (SSSR count). The van der Waals surface area contributed by atoms with Crippen LogP contribution in [0.4, 0.5) is 0 Å². The number of carbonyl (C=O) groups excluding carboxylic acids is 2. The summed E-state index contributed by atoms with van der Waals surface area (Å²) in [5.74, 6) is -1.13. The lowest BCUT2D eigenvalue weighted by Crippen LogP contribution is -2.41. The fourth-order valence-corrected chi connectivity index (χ4v) is 2.80. The summed E-state index contributed by atoms with van der Waals surface area (Å²) in [4.78, 5) is 23.2. The Kier molecular flexibility index (Phi) is 8.53. The zero-order valence-electron chi connectivity index (χ0n) is 14.0. The maximum atomic E-state index is 12.0. The smallest absolute Gasteiger partial charge is 0.259 e. The highest BCUT2D eigenvalue weighted by Gasteiger charge is 2.15. The van der Waals surface area contributed by atoms with E-state index in [0.29, 0.717) is 5.02 Å². The van der Waals surface area contributed by atoms with E-state index in [1.165, 1.54) is 24.3 Å². The largest absolute Gasteiger partial charge is 0.346 e. The van der Waals surface area contributed by atoms with Gasteiger partial charge in [0.2, 0.25) is 15.9 Å². The van der Waals surface area contributed by atoms with Crippen LogP contribution in [-0.4, -0.2) is 39.0 Å². The van der Waals surface area contributed by atoms with Crippen molar-refractivity contribution in [1.29, 1.82) is 0 Å². The first-order valence-corrected chi connectivity index (χ1v) is 9.50. The number of amides is 2. The number of carbonyl (C=O) groups is 2. The second kappa shape index (κ2) is 10.1. The fraction of sp³-hybridized carbons (Fsp3) is 0.400. The number of hydrogen-bond donors (Lipinski definition) is 3. The minimum atomic E-state index is -3.83. The normalized spacial score (nSPS) is 10.8. The Bertz CT molecular complexity index is 726. The maximum Gasteiger partial charge on any atom is 0.259 e. The van der Waals surface area contributed by atoms with Gasteiger partial charge in [-0.05, 0) is 37.1 Å². The molecule has 0 saturated carbocycles. The van der Waals surface area contributed by atoms with E-state index in [9.17, 15) is 18.0 Å². The van der Waals surface area contributed by atoms with Gasteiger partial charge in [-0.1, -0.05) is 25.4 Å². The molecule has 0 unspecified atom stereocenters. The zero-order valence-corrected chi connectivity index (χ0v) is 15.6. The van der Waals surface area contributed by atoms with Crippen LogP contribution in [0.3, 0.4) is 0 Å². The van der Waals surface area contributed by atoms with E-state index in [1.54, 1.807) is 0 Å². The van der Waals surface area contributed by atoms with Gasteiger partial charge >= 0.3 is 0 Å². The van der Waals surface area contributed by atoms with Gasteiger partial charge in [-0.25, -0.2) is 18.6 Å². The standard InChI is InChI=1S/C15H21ClN4O4S/c1-3-12(4-2)19-20-15(22)9-17-14(21)10-18-25(23,24)13-7-5-11(16)6-8-13/h5-8,18H,3-4,9-10H2,1-2H3,(H,17,21)(H,20,22). The van der Waals surface area contributed by atoms with Gasteiger partial charge in [0.05, 0.1) is 18.0 Å². The molecule has 1 aromatic carbocycles. The van der Waals surface area contributed by atoms with Crippen LogP contribution in [0.5, 0.6) is 0 Å². The summed E-state index contributed by atoms with van der Waals surface area (Å²) >= 11 is 5.70. The molecule has 1 aromatic rings. The monoisotopic (exact) mass is 388 g/mol. The topological polar surface area (TPSA) is 117 Å². The van der Waals surface area contributed by atoms with Crippen molar-refractivity contribution < 1.29 is 18.0 Å². The Morgan fingerprint density at radius 3 is 2.20 bits per heavy atom. The van der Waals surface area contributed by atoms with Crippen LogP contribution in [-0.2, 0) is 19.6 Å². The molecule has 0 saturated heterocycles. The predicted molar refractivity (Wildman–Crippen MR) is 95.8 cm³/mol. The summed E-state index contributed by atoms with van der Waals surface area (Å²) in [6.07, 6.45) is 1.44. The molecule has 0 aromatic heterocycles. The van der Waals surface area contributed by atoms with E-state index in [1.807, 2.05) is 13.8 Å². The number of hydrazone groups is 1. The third-order valence-electron chi connectivity index (χ3n) is 3.15. The third kappa shape index (κ3) is 7.63. The number of sulfonamides is 1. The van der Waals surface area contributed by atoms with Gasteiger partial charge in [-0.3, -0.25) is 9.59 Å². The highest BCUT2D eigenvalue weighted by Crippen LogP contribution is 2.13. The number of nitrogens with one attached hydrogen (secondary N) is 3. The van der Waals surface area contributed by atoms with Crippen LogP contribution >= 0.6 is 11.6 Å². The van der Waals surface area contributed by atoms with Crippen molar-refractivity contribution >= 4 is 39.2 Å². The lowest BCUT2D eigenvalue weighted by Gasteiger charge is -2.08. The Labute approximate surface area is 152 Å². The van der Waals surface area contributed by atoms with Crippen LogP contribution in [0, 0.1) is 0 Å². The average Bonchev–Trinajstić information content (AvgIpc) is 2.59. The number of rotatable bonds is 9. The van der Waals surface area contributed by atoms with Gasteiger partial charge < -0.3 is 5.32 Å². The minimum absolute atomic E-state index is 0.0107. The SMILES string of the molecule is CCC(CC)=NNC(=O)CNC(=O)CNS(=O)(=O)c1ccc(Cl)cc1. The van der Waals surface area contributed by atoms with Crippen molar-refractivity contribution in [1.82, 2.24) is 15.5 Å². The molecule has 0 fully saturated rings. The van der Waals surface area contributed by atoms with E-state index in [4.69, 9.17) is 11.6 Å². The minimum Gasteiger partial charge on any atom is -0.346 e.